The van der Waals surface area contributed by atoms with Crippen LogP contribution in [-0.2, 0) is 16.6 Å². The summed E-state index contributed by atoms with van der Waals surface area (Å²) in [6.07, 6.45) is 3.93. The summed E-state index contributed by atoms with van der Waals surface area (Å²) >= 11 is 7.29. The Morgan fingerprint density at radius 3 is 2.27 bits per heavy atom. The number of nitrogens with zero attached hydrogens (tertiary/aromatic N) is 1. The van der Waals surface area contributed by atoms with Gasteiger partial charge in [-0.15, -0.1) is 11.3 Å². The van der Waals surface area contributed by atoms with Gasteiger partial charge in [0.1, 0.15) is 0 Å². The van der Waals surface area contributed by atoms with Gasteiger partial charge in [-0.05, 0) is 49.2 Å². The lowest BCUT2D eigenvalue weighted by atomic mass is 10.2. The van der Waals surface area contributed by atoms with Gasteiger partial charge in [-0.25, -0.2) is 8.42 Å². The van der Waals surface area contributed by atoms with Crippen molar-refractivity contribution in [3.63, 3.8) is 0 Å². The van der Waals surface area contributed by atoms with Gasteiger partial charge in [-0.2, -0.15) is 4.31 Å². The van der Waals surface area contributed by atoms with Gasteiger partial charge in [0, 0.05) is 23.5 Å². The van der Waals surface area contributed by atoms with E-state index in [0.717, 1.165) is 30.6 Å². The number of halogens is 1. The van der Waals surface area contributed by atoms with Gasteiger partial charge in [0.25, 0.3) is 5.91 Å². The fourth-order valence-corrected chi connectivity index (χ4v) is 5.47. The van der Waals surface area contributed by atoms with E-state index in [-0.39, 0.29) is 10.8 Å². The molecule has 0 bridgehead atoms. The van der Waals surface area contributed by atoms with Crippen LogP contribution < -0.4 is 5.32 Å². The summed E-state index contributed by atoms with van der Waals surface area (Å²) < 4.78 is 27.7. The number of carbonyl (C=O) groups excluding carboxylic acids is 1. The van der Waals surface area contributed by atoms with Gasteiger partial charge in [0.2, 0.25) is 10.0 Å². The summed E-state index contributed by atoms with van der Waals surface area (Å²) in [5.74, 6) is -0.242. The molecule has 0 radical (unpaired) electrons. The first-order valence-electron chi connectivity index (χ1n) is 8.59. The number of amides is 1. The van der Waals surface area contributed by atoms with Crippen molar-refractivity contribution in [2.45, 2.75) is 37.1 Å². The molecule has 26 heavy (non-hydrogen) atoms. The Hall–Kier alpha value is -1.41. The Morgan fingerprint density at radius 1 is 1.04 bits per heavy atom. The Kier molecular flexibility index (Phi) is 6.34. The quantitative estimate of drug-likeness (QED) is 0.809. The summed E-state index contributed by atoms with van der Waals surface area (Å²) in [6, 6.07) is 9.79. The van der Waals surface area contributed by atoms with Gasteiger partial charge in [0.15, 0.2) is 0 Å². The number of benzene rings is 1. The Labute approximate surface area is 163 Å². The number of carbonyl (C=O) groups is 1. The second-order valence-electron chi connectivity index (χ2n) is 6.23. The van der Waals surface area contributed by atoms with Crippen molar-refractivity contribution in [3.05, 3.63) is 51.2 Å². The Morgan fingerprint density at radius 2 is 1.69 bits per heavy atom. The lowest BCUT2D eigenvalue weighted by Gasteiger charge is -2.20. The maximum Gasteiger partial charge on any atom is 0.251 e. The molecule has 1 N–H and O–H groups in total. The third-order valence-electron chi connectivity index (χ3n) is 4.37. The molecule has 1 amide bonds. The van der Waals surface area contributed by atoms with Crippen molar-refractivity contribution < 1.29 is 13.2 Å². The molecule has 1 fully saturated rings. The maximum absolute atomic E-state index is 12.7. The van der Waals surface area contributed by atoms with E-state index < -0.39 is 10.0 Å². The first-order valence-corrected chi connectivity index (χ1v) is 11.2. The van der Waals surface area contributed by atoms with Crippen LogP contribution in [0.2, 0.25) is 4.34 Å². The van der Waals surface area contributed by atoms with Crippen LogP contribution in [0.4, 0.5) is 0 Å². The minimum absolute atomic E-state index is 0.237. The third-order valence-corrected chi connectivity index (χ3v) is 7.52. The summed E-state index contributed by atoms with van der Waals surface area (Å²) in [5, 5.41) is 2.81. The lowest BCUT2D eigenvalue weighted by molar-refractivity contribution is 0.0951. The summed E-state index contributed by atoms with van der Waals surface area (Å²) in [4.78, 5) is 13.4. The Bertz CT molecular complexity index is 855. The number of nitrogens with one attached hydrogen (secondary N) is 1. The molecule has 8 heteroatoms. The highest BCUT2D eigenvalue weighted by atomic mass is 35.5. The largest absolute Gasteiger partial charge is 0.347 e. The van der Waals surface area contributed by atoms with Crippen LogP contribution in [0, 0.1) is 0 Å². The minimum Gasteiger partial charge on any atom is -0.347 e. The van der Waals surface area contributed by atoms with Crippen LogP contribution in [0.3, 0.4) is 0 Å². The normalized spacial score (nSPS) is 16.2. The first kappa shape index (κ1) is 19.4. The van der Waals surface area contributed by atoms with E-state index in [9.17, 15) is 13.2 Å². The Balaban J connectivity index is 1.66. The average Bonchev–Trinajstić information content (AvgIpc) is 2.87. The molecule has 2 heterocycles. The molecule has 1 aromatic carbocycles. The van der Waals surface area contributed by atoms with E-state index in [4.69, 9.17) is 11.6 Å². The molecule has 5 nitrogen and oxygen atoms in total. The molecule has 0 atom stereocenters. The van der Waals surface area contributed by atoms with E-state index >= 15 is 0 Å². The molecule has 0 unspecified atom stereocenters. The predicted octanol–water partition coefficient (Wildman–Crippen LogP) is 3.90. The van der Waals surface area contributed by atoms with Crippen LogP contribution in [0.25, 0.3) is 0 Å². The van der Waals surface area contributed by atoms with Crippen molar-refractivity contribution in [1.82, 2.24) is 9.62 Å². The minimum atomic E-state index is -3.49. The molecular formula is C18H21ClN2O3S2. The highest BCUT2D eigenvalue weighted by Crippen LogP contribution is 2.22. The van der Waals surface area contributed by atoms with Crippen LogP contribution in [0.15, 0.2) is 41.3 Å². The van der Waals surface area contributed by atoms with E-state index in [1.165, 1.54) is 23.5 Å². The number of hydrogen-bond donors (Lipinski definition) is 1. The molecule has 1 aromatic heterocycles. The zero-order valence-corrected chi connectivity index (χ0v) is 16.7. The van der Waals surface area contributed by atoms with Gasteiger partial charge >= 0.3 is 0 Å². The molecule has 2 aromatic rings. The van der Waals surface area contributed by atoms with Crippen LogP contribution in [-0.4, -0.2) is 31.7 Å². The first-order chi connectivity index (χ1) is 12.5. The monoisotopic (exact) mass is 412 g/mol. The van der Waals surface area contributed by atoms with Gasteiger partial charge in [-0.3, -0.25) is 4.79 Å². The van der Waals surface area contributed by atoms with E-state index in [2.05, 4.69) is 5.32 Å². The van der Waals surface area contributed by atoms with Crippen molar-refractivity contribution >= 4 is 38.9 Å². The summed E-state index contributed by atoms with van der Waals surface area (Å²) in [7, 11) is -3.49. The standard InChI is InChI=1S/C18H21ClN2O3S2/c19-17-10-7-15(25-17)13-20-18(22)14-5-8-16(9-6-14)26(23,24)21-11-3-1-2-4-12-21/h5-10H,1-4,11-13H2,(H,20,22). The van der Waals surface area contributed by atoms with Gasteiger partial charge < -0.3 is 5.32 Å². The van der Waals surface area contributed by atoms with Gasteiger partial charge in [-0.1, -0.05) is 24.4 Å². The zero-order chi connectivity index (χ0) is 18.6. The molecule has 1 aliphatic rings. The molecule has 0 aliphatic carbocycles. The van der Waals surface area contributed by atoms with E-state index in [1.54, 1.807) is 22.5 Å². The second-order valence-corrected chi connectivity index (χ2v) is 9.97. The second kappa shape index (κ2) is 8.52. The van der Waals surface area contributed by atoms with E-state index in [0.29, 0.717) is 29.5 Å². The molecule has 3 rings (SSSR count). The summed E-state index contributed by atoms with van der Waals surface area (Å²) in [5.41, 5.74) is 0.433. The fourth-order valence-electron chi connectivity index (χ4n) is 2.93. The molecule has 0 spiro atoms. The SMILES string of the molecule is O=C(NCc1ccc(Cl)s1)c1ccc(S(=O)(=O)N2CCCCCC2)cc1. The van der Waals surface area contributed by atoms with Crippen LogP contribution in [0.5, 0.6) is 0 Å². The van der Waals surface area contributed by atoms with Crippen molar-refractivity contribution in [2.75, 3.05) is 13.1 Å². The predicted molar refractivity (Wildman–Crippen MR) is 104 cm³/mol. The fraction of sp³-hybridized carbons (Fsp3) is 0.389. The number of hydrogen-bond acceptors (Lipinski definition) is 4. The molecular weight excluding hydrogens is 392 g/mol. The number of sulfonamides is 1. The number of thiophene rings is 1. The van der Waals surface area contributed by atoms with E-state index in [1.807, 2.05) is 6.07 Å². The van der Waals surface area contributed by atoms with Gasteiger partial charge in [0.05, 0.1) is 15.8 Å². The number of rotatable bonds is 5. The van der Waals surface area contributed by atoms with Crippen LogP contribution >= 0.6 is 22.9 Å². The molecule has 1 saturated heterocycles. The molecule has 140 valence electrons. The topological polar surface area (TPSA) is 66.5 Å². The molecule has 1 aliphatic heterocycles. The molecule has 0 saturated carbocycles. The van der Waals surface area contributed by atoms with Crippen LogP contribution in [0.1, 0.15) is 40.9 Å². The smallest absolute Gasteiger partial charge is 0.251 e. The zero-order valence-electron chi connectivity index (χ0n) is 14.3. The highest BCUT2D eigenvalue weighted by Gasteiger charge is 2.25. The van der Waals surface area contributed by atoms with Crippen molar-refractivity contribution in [3.8, 4) is 0 Å². The summed E-state index contributed by atoms with van der Waals surface area (Å²) in [6.45, 7) is 1.52. The highest BCUT2D eigenvalue weighted by molar-refractivity contribution is 7.89. The van der Waals surface area contributed by atoms with Crippen molar-refractivity contribution in [2.24, 2.45) is 0 Å². The third kappa shape index (κ3) is 4.65. The maximum atomic E-state index is 12.7. The average molecular weight is 413 g/mol. The lowest BCUT2D eigenvalue weighted by Crippen LogP contribution is -2.32. The van der Waals surface area contributed by atoms with Crippen molar-refractivity contribution in [1.29, 1.82) is 0 Å².